The fourth-order valence-corrected chi connectivity index (χ4v) is 3.94. The van der Waals surface area contributed by atoms with Crippen LogP contribution in [0.3, 0.4) is 0 Å². The largest absolute Gasteiger partial charge is 0.497 e. The molecule has 198 valence electrons. The first-order valence-corrected chi connectivity index (χ1v) is 11.3. The van der Waals surface area contributed by atoms with Crippen molar-refractivity contribution in [1.82, 2.24) is 10.3 Å². The van der Waals surface area contributed by atoms with E-state index in [1.54, 1.807) is 20.1 Å². The molecular formula is C25H26F3N3O6. The lowest BCUT2D eigenvalue weighted by Crippen LogP contribution is -2.39. The minimum absolute atomic E-state index is 0.0752. The zero-order chi connectivity index (χ0) is 27.2. The van der Waals surface area contributed by atoms with Gasteiger partial charge in [0.2, 0.25) is 5.91 Å². The van der Waals surface area contributed by atoms with Gasteiger partial charge in [-0.1, -0.05) is 12.1 Å². The fourth-order valence-electron chi connectivity index (χ4n) is 3.94. The Morgan fingerprint density at radius 1 is 1.11 bits per heavy atom. The van der Waals surface area contributed by atoms with Crippen LogP contribution >= 0.6 is 0 Å². The number of carbonyl (C=O) groups is 3. The van der Waals surface area contributed by atoms with Crippen LogP contribution in [0.15, 0.2) is 48.5 Å². The van der Waals surface area contributed by atoms with Crippen LogP contribution in [0.25, 0.3) is 10.9 Å². The van der Waals surface area contributed by atoms with E-state index >= 15 is 0 Å². The van der Waals surface area contributed by atoms with Gasteiger partial charge in [0.25, 0.3) is 0 Å². The zero-order valence-electron chi connectivity index (χ0n) is 20.0. The second-order valence-electron chi connectivity index (χ2n) is 8.10. The number of aromatic nitrogens is 1. The number of halogens is 3. The monoisotopic (exact) mass is 521 g/mol. The van der Waals surface area contributed by atoms with Gasteiger partial charge in [0.05, 0.1) is 19.8 Å². The van der Waals surface area contributed by atoms with E-state index in [4.69, 9.17) is 19.4 Å². The maximum atomic E-state index is 13.0. The number of aliphatic carboxylic acids is 1. The number of ether oxygens (including phenoxy) is 2. The Balaban J connectivity index is 0.000000479. The summed E-state index contributed by atoms with van der Waals surface area (Å²) < 4.78 is 42.0. The number of carboxylic acids is 1. The highest BCUT2D eigenvalue weighted by atomic mass is 19.4. The van der Waals surface area contributed by atoms with Gasteiger partial charge >= 0.3 is 18.1 Å². The Morgan fingerprint density at radius 3 is 2.38 bits per heavy atom. The number of hydrogen-bond acceptors (Lipinski definition) is 6. The van der Waals surface area contributed by atoms with Gasteiger partial charge in [0, 0.05) is 22.5 Å². The summed E-state index contributed by atoms with van der Waals surface area (Å²) in [6.07, 6.45) is -4.19. The molecule has 0 saturated carbocycles. The number of H-pyrrole nitrogens is 1. The maximum absolute atomic E-state index is 13.0. The van der Waals surface area contributed by atoms with E-state index in [0.29, 0.717) is 18.0 Å². The third kappa shape index (κ3) is 7.00. The molecule has 9 nitrogen and oxygen atoms in total. The molecule has 1 amide bonds. The molecule has 4 N–H and O–H groups in total. The van der Waals surface area contributed by atoms with E-state index < -0.39 is 18.1 Å². The van der Waals surface area contributed by atoms with Gasteiger partial charge in [-0.15, -0.1) is 0 Å². The second-order valence-corrected chi connectivity index (χ2v) is 8.10. The van der Waals surface area contributed by atoms with Crippen molar-refractivity contribution in [2.24, 2.45) is 0 Å². The molecule has 12 heteroatoms. The number of carboxylic acid groups (broad SMARTS) is 1. The van der Waals surface area contributed by atoms with Gasteiger partial charge < -0.3 is 30.2 Å². The van der Waals surface area contributed by atoms with Crippen LogP contribution in [0.1, 0.15) is 35.3 Å². The van der Waals surface area contributed by atoms with Crippen molar-refractivity contribution in [2.75, 3.05) is 25.6 Å². The first-order chi connectivity index (χ1) is 17.5. The molecule has 2 aromatic carbocycles. The summed E-state index contributed by atoms with van der Waals surface area (Å²) in [7, 11) is 1.64. The van der Waals surface area contributed by atoms with Crippen molar-refractivity contribution in [3.05, 3.63) is 59.8 Å². The van der Waals surface area contributed by atoms with Gasteiger partial charge in [-0.05, 0) is 61.9 Å². The molecule has 0 radical (unpaired) electrons. The maximum Gasteiger partial charge on any atom is 0.490 e. The highest BCUT2D eigenvalue weighted by molar-refractivity contribution is 5.99. The molecule has 0 unspecified atom stereocenters. The number of esters is 1. The van der Waals surface area contributed by atoms with Gasteiger partial charge in [0.15, 0.2) is 0 Å². The molecule has 0 bridgehead atoms. The summed E-state index contributed by atoms with van der Waals surface area (Å²) >= 11 is 0. The topological polar surface area (TPSA) is 130 Å². The quantitative estimate of drug-likeness (QED) is 0.360. The highest BCUT2D eigenvalue weighted by Gasteiger charge is 2.38. The number of anilines is 1. The molecule has 1 aromatic heterocycles. The van der Waals surface area contributed by atoms with Gasteiger partial charge in [-0.2, -0.15) is 13.2 Å². The number of fused-ring (bicyclic) bond motifs is 1. The molecule has 2 atom stereocenters. The van der Waals surface area contributed by atoms with Crippen molar-refractivity contribution in [2.45, 2.75) is 31.5 Å². The summed E-state index contributed by atoms with van der Waals surface area (Å²) in [6, 6.07) is 14.8. The molecule has 0 spiro atoms. The van der Waals surface area contributed by atoms with E-state index in [-0.39, 0.29) is 17.9 Å². The van der Waals surface area contributed by atoms with Crippen molar-refractivity contribution in [3.63, 3.8) is 0 Å². The molecule has 1 aliphatic rings. The molecule has 1 fully saturated rings. The minimum Gasteiger partial charge on any atom is -0.497 e. The van der Waals surface area contributed by atoms with E-state index in [0.717, 1.165) is 35.2 Å². The van der Waals surface area contributed by atoms with Crippen LogP contribution in [0.5, 0.6) is 5.75 Å². The summed E-state index contributed by atoms with van der Waals surface area (Å²) in [6.45, 7) is 2.87. The number of alkyl halides is 3. The molecule has 1 saturated heterocycles. The Bertz CT molecular complexity index is 1260. The van der Waals surface area contributed by atoms with Gasteiger partial charge in [0.1, 0.15) is 11.4 Å². The number of nitrogens with one attached hydrogen (secondary N) is 3. The summed E-state index contributed by atoms with van der Waals surface area (Å²) in [5.41, 5.74) is 3.00. The average Bonchev–Trinajstić information content (AvgIpc) is 3.51. The standard InChI is InChI=1S/C23H25N3O4.C2HF3O2/c1-3-30-23(28)20-13-15-12-16(6-9-19(15)26-20)25-22(27)21-18(10-11-24-21)14-4-7-17(29-2)8-5-14;3-2(4,5)1(6)7/h4-9,12-13,18,21,24,26H,3,10-11H2,1-2H3,(H,25,27);(H,6,7)/t18-,21+;/m1./s1. The summed E-state index contributed by atoms with van der Waals surface area (Å²) in [4.78, 5) is 36.8. The summed E-state index contributed by atoms with van der Waals surface area (Å²) in [5, 5.41) is 14.3. The summed E-state index contributed by atoms with van der Waals surface area (Å²) in [5.74, 6) is -2.33. The van der Waals surface area contributed by atoms with Crippen molar-refractivity contribution < 1.29 is 42.1 Å². The fraction of sp³-hybridized carbons (Fsp3) is 0.320. The average molecular weight is 521 g/mol. The number of rotatable bonds is 6. The predicted octanol–water partition coefficient (Wildman–Crippen LogP) is 4.07. The number of amides is 1. The van der Waals surface area contributed by atoms with E-state index in [2.05, 4.69) is 15.6 Å². The van der Waals surface area contributed by atoms with Crippen molar-refractivity contribution >= 4 is 34.4 Å². The van der Waals surface area contributed by atoms with Crippen molar-refractivity contribution in [1.29, 1.82) is 0 Å². The minimum atomic E-state index is -5.08. The molecular weight excluding hydrogens is 495 g/mol. The van der Waals surface area contributed by atoms with Crippen LogP contribution in [-0.2, 0) is 14.3 Å². The molecule has 0 aliphatic carbocycles. The number of carbonyl (C=O) groups excluding carboxylic acids is 2. The molecule has 37 heavy (non-hydrogen) atoms. The number of aromatic amines is 1. The third-order valence-corrected chi connectivity index (χ3v) is 5.67. The van der Waals surface area contributed by atoms with E-state index in [9.17, 15) is 22.8 Å². The van der Waals surface area contributed by atoms with Crippen LogP contribution < -0.4 is 15.4 Å². The lowest BCUT2D eigenvalue weighted by molar-refractivity contribution is -0.192. The Labute approximate surface area is 209 Å². The van der Waals surface area contributed by atoms with Crippen LogP contribution in [-0.4, -0.2) is 60.4 Å². The van der Waals surface area contributed by atoms with Crippen LogP contribution in [0.4, 0.5) is 18.9 Å². The molecule has 1 aliphatic heterocycles. The normalized spacial score (nSPS) is 17.0. The van der Waals surface area contributed by atoms with E-state index in [1.165, 1.54) is 0 Å². The Morgan fingerprint density at radius 2 is 1.78 bits per heavy atom. The Kier molecular flexibility index (Phi) is 8.77. The van der Waals surface area contributed by atoms with Crippen LogP contribution in [0, 0.1) is 0 Å². The lowest BCUT2D eigenvalue weighted by Gasteiger charge is -2.20. The van der Waals surface area contributed by atoms with E-state index in [1.807, 2.05) is 42.5 Å². The number of hydrogen-bond donors (Lipinski definition) is 4. The highest BCUT2D eigenvalue weighted by Crippen LogP contribution is 2.30. The zero-order valence-corrected chi connectivity index (χ0v) is 20.0. The lowest BCUT2D eigenvalue weighted by atomic mass is 9.91. The first kappa shape index (κ1) is 27.5. The van der Waals surface area contributed by atoms with Crippen LogP contribution in [0.2, 0.25) is 0 Å². The number of methoxy groups -OCH3 is 1. The van der Waals surface area contributed by atoms with Gasteiger partial charge in [-0.3, -0.25) is 4.79 Å². The Hall–Kier alpha value is -4.06. The van der Waals surface area contributed by atoms with Crippen molar-refractivity contribution in [3.8, 4) is 5.75 Å². The third-order valence-electron chi connectivity index (χ3n) is 5.67. The molecule has 2 heterocycles. The molecule has 3 aromatic rings. The first-order valence-electron chi connectivity index (χ1n) is 11.3. The smallest absolute Gasteiger partial charge is 0.490 e. The SMILES string of the molecule is CCOC(=O)c1cc2cc(NC(=O)[C@H]3NCC[C@@H]3c3ccc(OC)cc3)ccc2[nH]1.O=C(O)C(F)(F)F. The second kappa shape index (κ2) is 11.8. The predicted molar refractivity (Wildman–Crippen MR) is 129 cm³/mol. The van der Waals surface area contributed by atoms with Gasteiger partial charge in [-0.25, -0.2) is 9.59 Å². The molecule has 4 rings (SSSR count). The number of benzene rings is 2.